The van der Waals surface area contributed by atoms with Crippen molar-refractivity contribution in [1.29, 1.82) is 0 Å². The summed E-state index contributed by atoms with van der Waals surface area (Å²) < 4.78 is 13.0. The van der Waals surface area contributed by atoms with E-state index in [0.717, 1.165) is 22.3 Å². The van der Waals surface area contributed by atoms with Crippen LogP contribution in [-0.4, -0.2) is 40.2 Å². The van der Waals surface area contributed by atoms with E-state index >= 15 is 0 Å². The molecule has 0 aliphatic carbocycles. The van der Waals surface area contributed by atoms with Crippen LogP contribution >= 0.6 is 7.37 Å². The van der Waals surface area contributed by atoms with Crippen molar-refractivity contribution in [3.05, 3.63) is 96.1 Å². The van der Waals surface area contributed by atoms with Crippen molar-refractivity contribution in [2.24, 2.45) is 5.92 Å². The molecule has 34 heavy (non-hydrogen) atoms. The van der Waals surface area contributed by atoms with Crippen LogP contribution in [0.5, 0.6) is 0 Å². The number of aliphatic carboxylic acids is 1. The summed E-state index contributed by atoms with van der Waals surface area (Å²) in [4.78, 5) is 34.8. The van der Waals surface area contributed by atoms with Crippen LogP contribution in [0.4, 0.5) is 0 Å². The van der Waals surface area contributed by atoms with Crippen LogP contribution in [0.1, 0.15) is 18.1 Å². The second kappa shape index (κ2) is 11.8. The van der Waals surface area contributed by atoms with Crippen molar-refractivity contribution in [2.75, 3.05) is 12.3 Å². The second-order valence-corrected chi connectivity index (χ2v) is 11.0. The first-order valence-electron chi connectivity index (χ1n) is 11.3. The van der Waals surface area contributed by atoms with Gasteiger partial charge >= 0.3 is 5.97 Å². The van der Waals surface area contributed by atoms with E-state index in [1.54, 1.807) is 0 Å². The standard InChI is InChI=1S/C27H30NO5P/c1-20(27(30)31)28-26(29)25(19-34(32,33)17-16-21-8-4-2-5-9-21)18-22-12-14-24(15-13-22)23-10-6-3-7-11-23/h2-15,20,25H,16-19H2,1H3,(H,28,29)(H,30,31)(H,32,33)/t20-,25-/m0/s1. The fraction of sp³-hybridized carbons (Fsp3) is 0.259. The lowest BCUT2D eigenvalue weighted by Gasteiger charge is -2.22. The highest BCUT2D eigenvalue weighted by Crippen LogP contribution is 2.43. The quantitative estimate of drug-likeness (QED) is 0.349. The van der Waals surface area contributed by atoms with Gasteiger partial charge in [-0.15, -0.1) is 0 Å². The summed E-state index contributed by atoms with van der Waals surface area (Å²) in [7, 11) is -3.64. The van der Waals surface area contributed by atoms with Crippen LogP contribution in [0.3, 0.4) is 0 Å². The summed E-state index contributed by atoms with van der Waals surface area (Å²) in [5.74, 6) is -2.51. The number of benzene rings is 3. The largest absolute Gasteiger partial charge is 0.480 e. The SMILES string of the molecule is C[C@H](NC(=O)[C@@H](Cc1ccc(-c2ccccc2)cc1)CP(=O)(O)CCc1ccccc1)C(=O)O. The third kappa shape index (κ3) is 7.68. The molecule has 0 heterocycles. The zero-order chi connectivity index (χ0) is 24.6. The lowest BCUT2D eigenvalue weighted by molar-refractivity contribution is -0.141. The van der Waals surface area contributed by atoms with Crippen molar-refractivity contribution in [3.63, 3.8) is 0 Å². The van der Waals surface area contributed by atoms with Crippen molar-refractivity contribution in [1.82, 2.24) is 5.32 Å². The first-order valence-corrected chi connectivity index (χ1v) is 13.3. The van der Waals surface area contributed by atoms with E-state index in [1.165, 1.54) is 6.92 Å². The minimum atomic E-state index is -3.64. The van der Waals surface area contributed by atoms with Gasteiger partial charge in [-0.3, -0.25) is 14.2 Å². The molecule has 3 aromatic carbocycles. The monoisotopic (exact) mass is 479 g/mol. The normalized spacial score (nSPS) is 14.5. The van der Waals surface area contributed by atoms with Crippen LogP contribution < -0.4 is 5.32 Å². The number of hydrogen-bond donors (Lipinski definition) is 3. The van der Waals surface area contributed by atoms with Crippen LogP contribution in [-0.2, 0) is 27.0 Å². The van der Waals surface area contributed by atoms with Gasteiger partial charge in [0.2, 0.25) is 13.3 Å². The molecule has 3 atom stereocenters. The molecule has 3 aromatic rings. The summed E-state index contributed by atoms with van der Waals surface area (Å²) in [5.41, 5.74) is 3.89. The number of aryl methyl sites for hydroxylation is 1. The molecule has 0 fully saturated rings. The highest BCUT2D eigenvalue weighted by Gasteiger charge is 2.30. The number of amides is 1. The van der Waals surface area contributed by atoms with Gasteiger partial charge in [0.05, 0.1) is 5.92 Å². The summed E-state index contributed by atoms with van der Waals surface area (Å²) >= 11 is 0. The maximum Gasteiger partial charge on any atom is 0.325 e. The molecule has 0 saturated carbocycles. The van der Waals surface area contributed by atoms with Gasteiger partial charge in [0.15, 0.2) is 0 Å². The summed E-state index contributed by atoms with van der Waals surface area (Å²) in [6.45, 7) is 1.37. The summed E-state index contributed by atoms with van der Waals surface area (Å²) in [5, 5.41) is 11.6. The van der Waals surface area contributed by atoms with E-state index in [4.69, 9.17) is 5.11 Å². The Morgan fingerprint density at radius 2 is 1.41 bits per heavy atom. The zero-order valence-corrected chi connectivity index (χ0v) is 20.0. The Balaban J connectivity index is 1.74. The molecule has 6 nitrogen and oxygen atoms in total. The highest BCUT2D eigenvalue weighted by molar-refractivity contribution is 7.58. The number of nitrogens with one attached hydrogen (secondary N) is 1. The van der Waals surface area contributed by atoms with Crippen molar-refractivity contribution in [2.45, 2.75) is 25.8 Å². The molecule has 178 valence electrons. The molecular formula is C27H30NO5P. The number of carboxylic acids is 1. The summed E-state index contributed by atoms with van der Waals surface area (Å²) in [6.07, 6.45) is 0.518. The lowest BCUT2D eigenvalue weighted by Crippen LogP contribution is -2.43. The number of carboxylic acid groups (broad SMARTS) is 1. The van der Waals surface area contributed by atoms with Crippen LogP contribution in [0, 0.1) is 5.92 Å². The first-order chi connectivity index (χ1) is 16.2. The highest BCUT2D eigenvalue weighted by atomic mass is 31.2. The number of rotatable bonds is 11. The Hall–Kier alpha value is -3.21. The molecular weight excluding hydrogens is 449 g/mol. The summed E-state index contributed by atoms with van der Waals surface area (Å²) in [6, 6.07) is 25.9. The molecule has 3 rings (SSSR count). The minimum absolute atomic E-state index is 0.0578. The predicted octanol–water partition coefficient (Wildman–Crippen LogP) is 4.61. The van der Waals surface area contributed by atoms with Crippen LogP contribution in [0.2, 0.25) is 0 Å². The third-order valence-electron chi connectivity index (χ3n) is 5.74. The fourth-order valence-electron chi connectivity index (χ4n) is 3.77. The Bertz CT molecular complexity index is 1130. The number of hydrogen-bond acceptors (Lipinski definition) is 3. The second-order valence-electron chi connectivity index (χ2n) is 8.52. The van der Waals surface area contributed by atoms with E-state index in [0.29, 0.717) is 6.42 Å². The molecule has 1 amide bonds. The topological polar surface area (TPSA) is 104 Å². The Kier molecular flexibility index (Phi) is 8.80. The van der Waals surface area contributed by atoms with E-state index in [-0.39, 0.29) is 18.7 Å². The first kappa shape index (κ1) is 25.4. The molecule has 1 unspecified atom stereocenters. The van der Waals surface area contributed by atoms with E-state index in [9.17, 15) is 19.0 Å². The molecule has 0 aliphatic heterocycles. The minimum Gasteiger partial charge on any atom is -0.480 e. The Morgan fingerprint density at radius 3 is 2.00 bits per heavy atom. The molecule has 7 heteroatoms. The van der Waals surface area contributed by atoms with E-state index < -0.39 is 31.2 Å². The Labute approximate surface area is 200 Å². The van der Waals surface area contributed by atoms with Gasteiger partial charge in [0.25, 0.3) is 0 Å². The van der Waals surface area contributed by atoms with Gasteiger partial charge in [-0.2, -0.15) is 0 Å². The third-order valence-corrected chi connectivity index (χ3v) is 7.68. The van der Waals surface area contributed by atoms with Crippen molar-refractivity contribution >= 4 is 19.2 Å². The lowest BCUT2D eigenvalue weighted by atomic mass is 9.97. The maximum atomic E-state index is 13.0. The maximum absolute atomic E-state index is 13.0. The van der Waals surface area contributed by atoms with E-state index in [2.05, 4.69) is 5.32 Å². The van der Waals surface area contributed by atoms with Crippen molar-refractivity contribution in [3.8, 4) is 11.1 Å². The van der Waals surface area contributed by atoms with Crippen LogP contribution in [0.15, 0.2) is 84.9 Å². The van der Waals surface area contributed by atoms with Crippen molar-refractivity contribution < 1.29 is 24.2 Å². The Morgan fingerprint density at radius 1 is 0.853 bits per heavy atom. The smallest absolute Gasteiger partial charge is 0.325 e. The van der Waals surface area contributed by atoms with Gasteiger partial charge in [-0.05, 0) is 42.0 Å². The predicted molar refractivity (Wildman–Crippen MR) is 134 cm³/mol. The van der Waals surface area contributed by atoms with Gasteiger partial charge in [0.1, 0.15) is 6.04 Å². The average molecular weight is 480 g/mol. The molecule has 0 aromatic heterocycles. The molecule has 0 aliphatic rings. The molecule has 0 bridgehead atoms. The average Bonchev–Trinajstić information content (AvgIpc) is 2.84. The van der Waals surface area contributed by atoms with Gasteiger partial charge in [-0.1, -0.05) is 84.9 Å². The number of carbonyl (C=O) groups excluding carboxylic acids is 1. The molecule has 0 saturated heterocycles. The molecule has 3 N–H and O–H groups in total. The van der Waals surface area contributed by atoms with E-state index in [1.807, 2.05) is 84.9 Å². The zero-order valence-electron chi connectivity index (χ0n) is 19.1. The fourth-order valence-corrected chi connectivity index (χ4v) is 5.54. The van der Waals surface area contributed by atoms with Gasteiger partial charge < -0.3 is 15.3 Å². The molecule has 0 spiro atoms. The van der Waals surface area contributed by atoms with Gasteiger partial charge in [-0.25, -0.2) is 0 Å². The number of carbonyl (C=O) groups is 2. The molecule has 0 radical (unpaired) electrons. The van der Waals surface area contributed by atoms with Crippen LogP contribution in [0.25, 0.3) is 11.1 Å². The van der Waals surface area contributed by atoms with Gasteiger partial charge in [0, 0.05) is 12.3 Å².